The van der Waals surface area contributed by atoms with Crippen LogP contribution >= 0.6 is 0 Å². The fraction of sp³-hybridized carbons (Fsp3) is 0.333. The maximum absolute atomic E-state index is 12.3. The van der Waals surface area contributed by atoms with Gasteiger partial charge in [0.2, 0.25) is 5.91 Å². The lowest BCUT2D eigenvalue weighted by Gasteiger charge is -2.18. The summed E-state index contributed by atoms with van der Waals surface area (Å²) in [6, 6.07) is 11.5. The number of hydrogen-bond donors (Lipinski definition) is 1. The molecule has 0 aliphatic rings. The third kappa shape index (κ3) is 5.34. The van der Waals surface area contributed by atoms with Crippen molar-refractivity contribution in [3.05, 3.63) is 58.7 Å². The van der Waals surface area contributed by atoms with Gasteiger partial charge in [-0.25, -0.2) is 0 Å². The molecule has 0 aliphatic heterocycles. The van der Waals surface area contributed by atoms with Crippen LogP contribution in [0.5, 0.6) is 5.75 Å². The number of ether oxygens (including phenoxy) is 1. The van der Waals surface area contributed by atoms with E-state index in [1.54, 1.807) is 7.05 Å². The predicted octanol–water partition coefficient (Wildman–Crippen LogP) is 3.40. The van der Waals surface area contributed by atoms with Gasteiger partial charge in [-0.2, -0.15) is 0 Å². The maximum Gasteiger partial charge on any atom is 0.260 e. The van der Waals surface area contributed by atoms with Crippen LogP contribution < -0.4 is 10.1 Å². The molecular formula is C21H26N2O3. The lowest BCUT2D eigenvalue weighted by molar-refractivity contribution is -0.135. The number of benzene rings is 2. The summed E-state index contributed by atoms with van der Waals surface area (Å²) in [5, 5.41) is 2.78. The van der Waals surface area contributed by atoms with Crippen molar-refractivity contribution in [3.63, 3.8) is 0 Å². The van der Waals surface area contributed by atoms with E-state index in [2.05, 4.69) is 11.4 Å². The molecule has 0 bridgehead atoms. The quantitative estimate of drug-likeness (QED) is 0.865. The Morgan fingerprint density at radius 3 is 2.31 bits per heavy atom. The highest BCUT2D eigenvalue weighted by atomic mass is 16.5. The van der Waals surface area contributed by atoms with Crippen LogP contribution in [0.3, 0.4) is 0 Å². The predicted molar refractivity (Wildman–Crippen MR) is 104 cm³/mol. The number of nitrogens with zero attached hydrogens (tertiary/aromatic N) is 1. The number of carbonyl (C=O) groups is 2. The van der Waals surface area contributed by atoms with E-state index >= 15 is 0 Å². The summed E-state index contributed by atoms with van der Waals surface area (Å²) in [5.74, 6) is 0.211. The van der Waals surface area contributed by atoms with Gasteiger partial charge in [-0.3, -0.25) is 9.59 Å². The molecule has 26 heavy (non-hydrogen) atoms. The number of anilines is 1. The zero-order valence-corrected chi connectivity index (χ0v) is 16.1. The van der Waals surface area contributed by atoms with E-state index in [1.807, 2.05) is 58.0 Å². The summed E-state index contributed by atoms with van der Waals surface area (Å²) in [6.07, 6.45) is 0. The van der Waals surface area contributed by atoms with Crippen molar-refractivity contribution in [3.8, 4) is 5.75 Å². The molecule has 0 saturated heterocycles. The molecule has 2 aromatic rings. The van der Waals surface area contributed by atoms with Gasteiger partial charge >= 0.3 is 0 Å². The van der Waals surface area contributed by atoms with Crippen LogP contribution in [0.2, 0.25) is 0 Å². The highest BCUT2D eigenvalue weighted by Gasteiger charge is 2.15. The van der Waals surface area contributed by atoms with Gasteiger partial charge in [-0.1, -0.05) is 23.8 Å². The molecule has 0 fully saturated rings. The van der Waals surface area contributed by atoms with Gasteiger partial charge in [0.05, 0.1) is 6.54 Å². The highest BCUT2D eigenvalue weighted by Crippen LogP contribution is 2.23. The summed E-state index contributed by atoms with van der Waals surface area (Å²) in [6.45, 7) is 7.82. The Balaban J connectivity index is 1.87. The summed E-state index contributed by atoms with van der Waals surface area (Å²) >= 11 is 0. The summed E-state index contributed by atoms with van der Waals surface area (Å²) in [7, 11) is 1.59. The average Bonchev–Trinajstić information content (AvgIpc) is 2.58. The van der Waals surface area contributed by atoms with E-state index in [0.717, 1.165) is 22.3 Å². The molecule has 0 atom stereocenters. The second-order valence-corrected chi connectivity index (χ2v) is 6.66. The van der Waals surface area contributed by atoms with Crippen molar-refractivity contribution in [2.75, 3.05) is 25.5 Å². The van der Waals surface area contributed by atoms with Crippen LogP contribution in [-0.2, 0) is 9.59 Å². The van der Waals surface area contributed by atoms with Gasteiger partial charge in [0.15, 0.2) is 6.61 Å². The van der Waals surface area contributed by atoms with E-state index in [1.165, 1.54) is 4.90 Å². The fourth-order valence-electron chi connectivity index (χ4n) is 2.54. The Kier molecular flexibility index (Phi) is 6.39. The maximum atomic E-state index is 12.3. The number of aryl methyl sites for hydroxylation is 3. The fourth-order valence-corrected chi connectivity index (χ4v) is 2.54. The molecule has 0 aliphatic carbocycles. The second kappa shape index (κ2) is 8.52. The second-order valence-electron chi connectivity index (χ2n) is 6.66. The number of rotatable bonds is 6. The summed E-state index contributed by atoms with van der Waals surface area (Å²) in [5.41, 5.74) is 5.06. The molecule has 0 heterocycles. The SMILES string of the molecule is Cc1ccc(NC(=O)CN(C)C(=O)COc2cc(C)cc(C)c2C)cc1. The van der Waals surface area contributed by atoms with Crippen LogP contribution in [0.4, 0.5) is 5.69 Å². The first kappa shape index (κ1) is 19.5. The van der Waals surface area contributed by atoms with Gasteiger partial charge < -0.3 is 15.0 Å². The van der Waals surface area contributed by atoms with Crippen molar-refractivity contribution in [1.29, 1.82) is 0 Å². The Hall–Kier alpha value is -2.82. The molecular weight excluding hydrogens is 328 g/mol. The van der Waals surface area contributed by atoms with Crippen LogP contribution in [0.15, 0.2) is 36.4 Å². The average molecular weight is 354 g/mol. The Morgan fingerprint density at radius 1 is 1.00 bits per heavy atom. The van der Waals surface area contributed by atoms with Crippen molar-refractivity contribution in [2.24, 2.45) is 0 Å². The number of nitrogens with one attached hydrogen (secondary N) is 1. The monoisotopic (exact) mass is 354 g/mol. The largest absolute Gasteiger partial charge is 0.483 e. The Labute approximate surface area is 155 Å². The normalized spacial score (nSPS) is 10.3. The summed E-state index contributed by atoms with van der Waals surface area (Å²) in [4.78, 5) is 25.7. The van der Waals surface area contributed by atoms with E-state index < -0.39 is 0 Å². The number of amides is 2. The van der Waals surface area contributed by atoms with Gasteiger partial charge in [0, 0.05) is 12.7 Å². The lowest BCUT2D eigenvalue weighted by atomic mass is 10.1. The van der Waals surface area contributed by atoms with Crippen LogP contribution in [-0.4, -0.2) is 36.9 Å². The van der Waals surface area contributed by atoms with Crippen LogP contribution in [0, 0.1) is 27.7 Å². The summed E-state index contributed by atoms with van der Waals surface area (Å²) < 4.78 is 5.67. The van der Waals surface area contributed by atoms with E-state index in [4.69, 9.17) is 4.74 Å². The zero-order chi connectivity index (χ0) is 19.3. The first-order valence-corrected chi connectivity index (χ1v) is 8.57. The molecule has 2 aromatic carbocycles. The zero-order valence-electron chi connectivity index (χ0n) is 16.1. The smallest absolute Gasteiger partial charge is 0.260 e. The number of likely N-dealkylation sites (N-methyl/N-ethyl adjacent to an activating group) is 1. The Morgan fingerprint density at radius 2 is 1.65 bits per heavy atom. The van der Waals surface area contributed by atoms with Crippen molar-refractivity contribution in [1.82, 2.24) is 4.90 Å². The molecule has 0 spiro atoms. The van der Waals surface area contributed by atoms with Gasteiger partial charge in [0.1, 0.15) is 5.75 Å². The minimum atomic E-state index is -0.248. The Bertz CT molecular complexity index is 798. The van der Waals surface area contributed by atoms with Crippen molar-refractivity contribution < 1.29 is 14.3 Å². The van der Waals surface area contributed by atoms with Crippen molar-refractivity contribution in [2.45, 2.75) is 27.7 Å². The molecule has 0 saturated carbocycles. The molecule has 0 radical (unpaired) electrons. The first-order valence-electron chi connectivity index (χ1n) is 8.57. The van der Waals surface area contributed by atoms with E-state index in [9.17, 15) is 9.59 Å². The van der Waals surface area contributed by atoms with Gasteiger partial charge in [0.25, 0.3) is 5.91 Å². The standard InChI is InChI=1S/C21H26N2O3/c1-14-6-8-18(9-7-14)22-20(24)12-23(5)21(25)13-26-19-11-15(2)10-16(3)17(19)4/h6-11H,12-13H2,1-5H3,(H,22,24). The first-order chi connectivity index (χ1) is 12.3. The molecule has 138 valence electrons. The van der Waals surface area contributed by atoms with Gasteiger partial charge in [-0.05, 0) is 62.6 Å². The molecule has 0 aromatic heterocycles. The molecule has 2 rings (SSSR count). The minimum Gasteiger partial charge on any atom is -0.483 e. The molecule has 1 N–H and O–H groups in total. The third-order valence-corrected chi connectivity index (χ3v) is 4.26. The molecule has 2 amide bonds. The van der Waals surface area contributed by atoms with Crippen molar-refractivity contribution >= 4 is 17.5 Å². The van der Waals surface area contributed by atoms with Gasteiger partial charge in [-0.15, -0.1) is 0 Å². The van der Waals surface area contributed by atoms with Crippen LogP contribution in [0.25, 0.3) is 0 Å². The third-order valence-electron chi connectivity index (χ3n) is 4.26. The molecule has 5 nitrogen and oxygen atoms in total. The minimum absolute atomic E-state index is 0.0259. The topological polar surface area (TPSA) is 58.6 Å². The van der Waals surface area contributed by atoms with E-state index in [0.29, 0.717) is 11.4 Å². The lowest BCUT2D eigenvalue weighted by Crippen LogP contribution is -2.37. The number of carbonyl (C=O) groups excluding carboxylic acids is 2. The van der Waals surface area contributed by atoms with Crippen LogP contribution in [0.1, 0.15) is 22.3 Å². The molecule has 5 heteroatoms. The number of hydrogen-bond acceptors (Lipinski definition) is 3. The highest BCUT2D eigenvalue weighted by molar-refractivity contribution is 5.94. The van der Waals surface area contributed by atoms with E-state index in [-0.39, 0.29) is 25.0 Å². The molecule has 0 unspecified atom stereocenters.